The molecule has 96 valence electrons. The van der Waals surface area contributed by atoms with Crippen molar-refractivity contribution in [2.45, 2.75) is 40.2 Å². The van der Waals surface area contributed by atoms with Crippen molar-refractivity contribution in [3.8, 4) is 0 Å². The molecule has 0 fully saturated rings. The average Bonchev–Trinajstić information content (AvgIpc) is 2.24. The molecule has 0 aliphatic heterocycles. The summed E-state index contributed by atoms with van der Waals surface area (Å²) < 4.78 is 6.28. The van der Waals surface area contributed by atoms with Gasteiger partial charge in [-0.15, -0.1) is 0 Å². The summed E-state index contributed by atoms with van der Waals surface area (Å²) in [7, 11) is 0. The Labute approximate surface area is 116 Å². The minimum atomic E-state index is -0.128. The third-order valence-electron chi connectivity index (χ3n) is 2.28. The second-order valence-electron chi connectivity index (χ2n) is 4.33. The highest BCUT2D eigenvalue weighted by atomic mass is 79.9. The van der Waals surface area contributed by atoms with Crippen LogP contribution in [0.2, 0.25) is 5.15 Å². The summed E-state index contributed by atoms with van der Waals surface area (Å²) in [4.78, 5) is 8.77. The summed E-state index contributed by atoms with van der Waals surface area (Å²) in [6.45, 7) is 8.81. The average molecular weight is 322 g/mol. The lowest BCUT2D eigenvalue weighted by Crippen LogP contribution is -2.09. The van der Waals surface area contributed by atoms with E-state index in [-0.39, 0.29) is 6.10 Å². The number of hydrogen-bond acceptors (Lipinski definition) is 3. The van der Waals surface area contributed by atoms with Gasteiger partial charge in [0.2, 0.25) is 0 Å². The third-order valence-corrected chi connectivity index (χ3v) is 3.61. The zero-order valence-electron chi connectivity index (χ0n) is 10.6. The maximum absolute atomic E-state index is 6.09. The second kappa shape index (κ2) is 6.66. The Balaban J connectivity index is 3.05. The van der Waals surface area contributed by atoms with Gasteiger partial charge in [0.15, 0.2) is 5.82 Å². The monoisotopic (exact) mass is 320 g/mol. The van der Waals surface area contributed by atoms with Crippen LogP contribution in [0, 0.1) is 5.92 Å². The van der Waals surface area contributed by atoms with Crippen molar-refractivity contribution < 1.29 is 4.74 Å². The first kappa shape index (κ1) is 14.9. The molecule has 0 aliphatic carbocycles. The molecular weight excluding hydrogens is 304 g/mol. The molecule has 0 radical (unpaired) electrons. The Morgan fingerprint density at radius 2 is 1.94 bits per heavy atom. The van der Waals surface area contributed by atoms with Gasteiger partial charge in [-0.3, -0.25) is 0 Å². The number of halogens is 2. The molecule has 1 atom stereocenters. The van der Waals surface area contributed by atoms with Crippen LogP contribution >= 0.6 is 27.5 Å². The second-order valence-corrected chi connectivity index (χ2v) is 5.48. The summed E-state index contributed by atoms with van der Waals surface area (Å²) in [6, 6.07) is 0. The summed E-state index contributed by atoms with van der Waals surface area (Å²) >= 11 is 9.53. The first-order valence-electron chi connectivity index (χ1n) is 5.79. The molecule has 0 saturated carbocycles. The van der Waals surface area contributed by atoms with Gasteiger partial charge in [0.05, 0.1) is 10.2 Å². The van der Waals surface area contributed by atoms with E-state index in [0.717, 1.165) is 16.6 Å². The van der Waals surface area contributed by atoms with E-state index >= 15 is 0 Å². The van der Waals surface area contributed by atoms with E-state index < -0.39 is 0 Å². The molecule has 17 heavy (non-hydrogen) atoms. The van der Waals surface area contributed by atoms with E-state index in [9.17, 15) is 0 Å². The largest absolute Gasteiger partial charge is 0.371 e. The first-order chi connectivity index (χ1) is 7.95. The summed E-state index contributed by atoms with van der Waals surface area (Å²) in [6.07, 6.45) is 0.741. The summed E-state index contributed by atoms with van der Waals surface area (Å²) in [5.41, 5.74) is 0.946. The van der Waals surface area contributed by atoms with Gasteiger partial charge in [-0.1, -0.05) is 25.4 Å². The molecule has 0 saturated heterocycles. The smallest absolute Gasteiger partial charge is 0.158 e. The molecule has 1 unspecified atom stereocenters. The topological polar surface area (TPSA) is 35.0 Å². The van der Waals surface area contributed by atoms with Crippen LogP contribution in [-0.2, 0) is 11.2 Å². The van der Waals surface area contributed by atoms with Gasteiger partial charge in [0.1, 0.15) is 11.3 Å². The molecule has 1 rings (SSSR count). The first-order valence-corrected chi connectivity index (χ1v) is 6.96. The zero-order chi connectivity index (χ0) is 13.0. The highest BCUT2D eigenvalue weighted by molar-refractivity contribution is 9.10. The minimum absolute atomic E-state index is 0.128. The number of rotatable bonds is 5. The van der Waals surface area contributed by atoms with Gasteiger partial charge < -0.3 is 4.74 Å². The maximum atomic E-state index is 6.09. The highest BCUT2D eigenvalue weighted by Crippen LogP contribution is 2.27. The Morgan fingerprint density at radius 3 is 2.47 bits per heavy atom. The summed E-state index contributed by atoms with van der Waals surface area (Å²) in [5, 5.41) is 0.456. The molecule has 3 nitrogen and oxygen atoms in total. The molecule has 0 spiro atoms. The minimum Gasteiger partial charge on any atom is -0.371 e. The lowest BCUT2D eigenvalue weighted by Gasteiger charge is -2.14. The quantitative estimate of drug-likeness (QED) is 0.763. The zero-order valence-corrected chi connectivity index (χ0v) is 13.0. The standard InChI is InChI=1S/C12H18BrClN2O/c1-5-17-8(4)12-15-9(6-7(2)3)10(13)11(14)16-12/h7-8H,5-6H2,1-4H3. The molecular formula is C12H18BrClN2O. The molecule has 0 N–H and O–H groups in total. The van der Waals surface area contributed by atoms with Gasteiger partial charge in [-0.2, -0.15) is 0 Å². The van der Waals surface area contributed by atoms with Gasteiger partial charge in [0.25, 0.3) is 0 Å². The maximum Gasteiger partial charge on any atom is 0.158 e. The normalized spacial score (nSPS) is 13.1. The fourth-order valence-electron chi connectivity index (χ4n) is 1.51. The van der Waals surface area contributed by atoms with Crippen molar-refractivity contribution in [1.29, 1.82) is 0 Å². The van der Waals surface area contributed by atoms with E-state index in [2.05, 4.69) is 39.7 Å². The van der Waals surface area contributed by atoms with Crippen LogP contribution in [0.25, 0.3) is 0 Å². The van der Waals surface area contributed by atoms with Crippen LogP contribution in [0.1, 0.15) is 45.3 Å². The van der Waals surface area contributed by atoms with Gasteiger partial charge in [-0.05, 0) is 42.1 Å². The predicted molar refractivity (Wildman–Crippen MR) is 73.3 cm³/mol. The molecule has 0 aromatic carbocycles. The number of hydrogen-bond donors (Lipinski definition) is 0. The molecule has 1 aromatic heterocycles. The van der Waals surface area contributed by atoms with E-state index in [1.54, 1.807) is 0 Å². The Morgan fingerprint density at radius 1 is 1.29 bits per heavy atom. The van der Waals surface area contributed by atoms with Crippen molar-refractivity contribution in [3.63, 3.8) is 0 Å². The van der Waals surface area contributed by atoms with Crippen LogP contribution in [0.5, 0.6) is 0 Å². The Bertz CT molecular complexity index is 385. The molecule has 0 aliphatic rings. The number of aromatic nitrogens is 2. The van der Waals surface area contributed by atoms with Gasteiger partial charge >= 0.3 is 0 Å². The van der Waals surface area contributed by atoms with Crippen LogP contribution < -0.4 is 0 Å². The van der Waals surface area contributed by atoms with Gasteiger partial charge in [-0.25, -0.2) is 9.97 Å². The Hall–Kier alpha value is -0.190. The van der Waals surface area contributed by atoms with Crippen LogP contribution in [0.4, 0.5) is 0 Å². The fraction of sp³-hybridized carbons (Fsp3) is 0.667. The van der Waals surface area contributed by atoms with Crippen LogP contribution in [0.3, 0.4) is 0 Å². The highest BCUT2D eigenvalue weighted by Gasteiger charge is 2.16. The fourth-order valence-corrected chi connectivity index (χ4v) is 2.04. The van der Waals surface area contributed by atoms with Crippen molar-refractivity contribution in [2.75, 3.05) is 6.61 Å². The van der Waals surface area contributed by atoms with Crippen LogP contribution in [-0.4, -0.2) is 16.6 Å². The van der Waals surface area contributed by atoms with E-state index in [4.69, 9.17) is 16.3 Å². The van der Waals surface area contributed by atoms with E-state index in [1.807, 2.05) is 13.8 Å². The van der Waals surface area contributed by atoms with Crippen molar-refractivity contribution in [1.82, 2.24) is 9.97 Å². The summed E-state index contributed by atoms with van der Waals surface area (Å²) in [5.74, 6) is 1.17. The molecule has 0 amide bonds. The van der Waals surface area contributed by atoms with Gasteiger partial charge in [0, 0.05) is 6.61 Å². The SMILES string of the molecule is CCOC(C)c1nc(Cl)c(Br)c(CC(C)C)n1. The lowest BCUT2D eigenvalue weighted by molar-refractivity contribution is 0.0698. The molecule has 0 bridgehead atoms. The lowest BCUT2D eigenvalue weighted by atomic mass is 10.1. The van der Waals surface area contributed by atoms with E-state index in [1.165, 1.54) is 0 Å². The molecule has 1 heterocycles. The Kier molecular flexibility index (Phi) is 5.83. The predicted octanol–water partition coefficient (Wildman–Crippen LogP) is 4.19. The van der Waals surface area contributed by atoms with E-state index in [0.29, 0.717) is 23.5 Å². The van der Waals surface area contributed by atoms with Crippen LogP contribution in [0.15, 0.2) is 4.47 Å². The van der Waals surface area contributed by atoms with Crippen molar-refractivity contribution in [3.05, 3.63) is 21.1 Å². The molecule has 5 heteroatoms. The van der Waals surface area contributed by atoms with Crippen molar-refractivity contribution >= 4 is 27.5 Å². The number of nitrogens with zero attached hydrogens (tertiary/aromatic N) is 2. The number of ether oxygens (including phenoxy) is 1. The molecule has 1 aromatic rings. The third kappa shape index (κ3) is 4.19. The van der Waals surface area contributed by atoms with Crippen molar-refractivity contribution in [2.24, 2.45) is 5.92 Å².